The third-order valence-corrected chi connectivity index (χ3v) is 4.80. The SMILES string of the molecule is COCCn1cnnc1S[C@@H]1CCc2ccc(F)cc21. The Kier molecular flexibility index (Phi) is 4.03. The number of benzene rings is 1. The lowest BCUT2D eigenvalue weighted by Gasteiger charge is -2.11. The van der Waals surface area contributed by atoms with Crippen molar-refractivity contribution in [1.82, 2.24) is 14.8 Å². The first-order chi connectivity index (χ1) is 9.78. The van der Waals surface area contributed by atoms with Gasteiger partial charge in [0.15, 0.2) is 5.16 Å². The number of ether oxygens (including phenoxy) is 1. The van der Waals surface area contributed by atoms with Gasteiger partial charge >= 0.3 is 0 Å². The maximum Gasteiger partial charge on any atom is 0.191 e. The molecular weight excluding hydrogens is 277 g/mol. The first-order valence-corrected chi connectivity index (χ1v) is 7.47. The van der Waals surface area contributed by atoms with E-state index < -0.39 is 0 Å². The van der Waals surface area contributed by atoms with Gasteiger partial charge in [-0.25, -0.2) is 4.39 Å². The average Bonchev–Trinajstić information content (AvgIpc) is 3.04. The van der Waals surface area contributed by atoms with Crippen molar-refractivity contribution >= 4 is 11.8 Å². The van der Waals surface area contributed by atoms with Crippen LogP contribution in [-0.4, -0.2) is 28.5 Å². The van der Waals surface area contributed by atoms with Gasteiger partial charge in [0.2, 0.25) is 0 Å². The lowest BCUT2D eigenvalue weighted by molar-refractivity contribution is 0.184. The molecule has 20 heavy (non-hydrogen) atoms. The van der Waals surface area contributed by atoms with Crippen molar-refractivity contribution in [3.63, 3.8) is 0 Å². The molecule has 0 spiro atoms. The number of aryl methyl sites for hydroxylation is 1. The molecule has 0 radical (unpaired) electrons. The van der Waals surface area contributed by atoms with E-state index in [1.54, 1.807) is 31.3 Å². The third kappa shape index (κ3) is 2.71. The molecule has 0 amide bonds. The van der Waals surface area contributed by atoms with Crippen LogP contribution in [0.2, 0.25) is 0 Å². The van der Waals surface area contributed by atoms with Gasteiger partial charge in [-0.05, 0) is 36.1 Å². The van der Waals surface area contributed by atoms with Gasteiger partial charge in [-0.1, -0.05) is 17.8 Å². The zero-order valence-corrected chi connectivity index (χ0v) is 12.1. The van der Waals surface area contributed by atoms with Crippen molar-refractivity contribution in [2.24, 2.45) is 0 Å². The van der Waals surface area contributed by atoms with Crippen molar-refractivity contribution in [2.45, 2.75) is 29.8 Å². The molecule has 0 saturated heterocycles. The highest BCUT2D eigenvalue weighted by Gasteiger charge is 2.25. The van der Waals surface area contributed by atoms with Gasteiger partial charge < -0.3 is 9.30 Å². The van der Waals surface area contributed by atoms with E-state index in [0.29, 0.717) is 6.61 Å². The Morgan fingerprint density at radius 2 is 2.40 bits per heavy atom. The topological polar surface area (TPSA) is 39.9 Å². The van der Waals surface area contributed by atoms with Gasteiger partial charge in [0.05, 0.1) is 6.61 Å². The number of methoxy groups -OCH3 is 1. The molecule has 2 aromatic rings. The van der Waals surface area contributed by atoms with Crippen molar-refractivity contribution < 1.29 is 9.13 Å². The smallest absolute Gasteiger partial charge is 0.191 e. The molecule has 0 aliphatic heterocycles. The van der Waals surface area contributed by atoms with Gasteiger partial charge in [-0.3, -0.25) is 0 Å². The first kappa shape index (κ1) is 13.6. The monoisotopic (exact) mass is 293 g/mol. The van der Waals surface area contributed by atoms with Gasteiger partial charge in [0.25, 0.3) is 0 Å². The fourth-order valence-electron chi connectivity index (χ4n) is 2.46. The number of halogens is 1. The summed E-state index contributed by atoms with van der Waals surface area (Å²) in [5, 5.41) is 9.23. The first-order valence-electron chi connectivity index (χ1n) is 6.59. The molecule has 106 valence electrons. The summed E-state index contributed by atoms with van der Waals surface area (Å²) in [5.74, 6) is -0.169. The normalized spacial score (nSPS) is 17.4. The van der Waals surface area contributed by atoms with Crippen LogP contribution >= 0.6 is 11.8 Å². The Bertz CT molecular complexity index is 602. The molecule has 0 fully saturated rings. The summed E-state index contributed by atoms with van der Waals surface area (Å²) in [5.41, 5.74) is 2.34. The van der Waals surface area contributed by atoms with Crippen molar-refractivity contribution in [3.05, 3.63) is 41.5 Å². The Morgan fingerprint density at radius 1 is 1.50 bits per heavy atom. The number of rotatable bonds is 5. The summed E-state index contributed by atoms with van der Waals surface area (Å²) in [6.45, 7) is 1.36. The Hall–Kier alpha value is -1.40. The predicted octanol–water partition coefficient (Wildman–Crippen LogP) is 2.84. The summed E-state index contributed by atoms with van der Waals surface area (Å²) in [6.07, 6.45) is 3.73. The fourth-order valence-corrected chi connectivity index (χ4v) is 3.67. The molecule has 1 aliphatic rings. The van der Waals surface area contributed by atoms with Gasteiger partial charge in [0.1, 0.15) is 12.1 Å². The molecule has 1 aromatic carbocycles. The minimum absolute atomic E-state index is 0.169. The summed E-state index contributed by atoms with van der Waals surface area (Å²) in [7, 11) is 1.67. The number of hydrogen-bond donors (Lipinski definition) is 0. The predicted molar refractivity (Wildman–Crippen MR) is 75.2 cm³/mol. The van der Waals surface area contributed by atoms with Gasteiger partial charge in [-0.15, -0.1) is 10.2 Å². The highest BCUT2D eigenvalue weighted by atomic mass is 32.2. The maximum atomic E-state index is 13.4. The zero-order chi connectivity index (χ0) is 13.9. The number of hydrogen-bond acceptors (Lipinski definition) is 4. The summed E-state index contributed by atoms with van der Waals surface area (Å²) >= 11 is 1.65. The largest absolute Gasteiger partial charge is 0.383 e. The number of aromatic nitrogens is 3. The molecule has 0 unspecified atom stereocenters. The van der Waals surface area contributed by atoms with Crippen molar-refractivity contribution in [1.29, 1.82) is 0 Å². The molecule has 0 bridgehead atoms. The van der Waals surface area contributed by atoms with Crippen LogP contribution in [0.1, 0.15) is 22.8 Å². The minimum atomic E-state index is -0.169. The van der Waals surface area contributed by atoms with Crippen LogP contribution in [0.5, 0.6) is 0 Å². The second-order valence-corrected chi connectivity index (χ2v) is 5.96. The van der Waals surface area contributed by atoms with Crippen molar-refractivity contribution in [3.8, 4) is 0 Å². The molecule has 0 N–H and O–H groups in total. The molecule has 1 atom stereocenters. The lowest BCUT2D eigenvalue weighted by Crippen LogP contribution is -2.05. The Morgan fingerprint density at radius 3 is 3.25 bits per heavy atom. The van der Waals surface area contributed by atoms with Crippen LogP contribution in [0.3, 0.4) is 0 Å². The van der Waals surface area contributed by atoms with E-state index in [4.69, 9.17) is 4.74 Å². The van der Waals surface area contributed by atoms with E-state index in [1.807, 2.05) is 10.6 Å². The van der Waals surface area contributed by atoms with Crippen LogP contribution in [0.4, 0.5) is 4.39 Å². The molecule has 6 heteroatoms. The number of fused-ring (bicyclic) bond motifs is 1. The standard InChI is InChI=1S/C14H16FN3OS/c1-19-7-6-18-9-16-17-14(18)20-13-5-3-10-2-4-11(15)8-12(10)13/h2,4,8-9,13H,3,5-7H2,1H3/t13-/m1/s1. The molecular formula is C14H16FN3OS. The second-order valence-electron chi connectivity index (χ2n) is 4.79. The van der Waals surface area contributed by atoms with Crippen LogP contribution < -0.4 is 0 Å². The summed E-state index contributed by atoms with van der Waals surface area (Å²) < 4.78 is 20.5. The van der Waals surface area contributed by atoms with Crippen molar-refractivity contribution in [2.75, 3.05) is 13.7 Å². The molecule has 1 heterocycles. The summed E-state index contributed by atoms with van der Waals surface area (Å²) in [4.78, 5) is 0. The lowest BCUT2D eigenvalue weighted by atomic mass is 10.1. The van der Waals surface area contributed by atoms with Crippen LogP contribution in [0.25, 0.3) is 0 Å². The number of nitrogens with zero attached hydrogens (tertiary/aromatic N) is 3. The van der Waals surface area contributed by atoms with E-state index in [0.717, 1.165) is 30.1 Å². The van der Waals surface area contributed by atoms with Crippen LogP contribution in [0, 0.1) is 5.82 Å². The molecule has 1 aliphatic carbocycles. The Balaban J connectivity index is 1.77. The van der Waals surface area contributed by atoms with Gasteiger partial charge in [0, 0.05) is 18.9 Å². The highest BCUT2D eigenvalue weighted by Crippen LogP contribution is 2.44. The molecule has 0 saturated carbocycles. The molecule has 4 nitrogen and oxygen atoms in total. The van der Waals surface area contributed by atoms with Gasteiger partial charge in [-0.2, -0.15) is 0 Å². The number of thioether (sulfide) groups is 1. The third-order valence-electron chi connectivity index (χ3n) is 3.49. The van der Waals surface area contributed by atoms with E-state index in [1.165, 1.54) is 11.6 Å². The quantitative estimate of drug-likeness (QED) is 0.850. The molecule has 1 aromatic heterocycles. The van der Waals surface area contributed by atoms with E-state index in [9.17, 15) is 4.39 Å². The summed E-state index contributed by atoms with van der Waals surface area (Å²) in [6, 6.07) is 5.07. The average molecular weight is 293 g/mol. The highest BCUT2D eigenvalue weighted by molar-refractivity contribution is 7.99. The zero-order valence-electron chi connectivity index (χ0n) is 11.3. The fraction of sp³-hybridized carbons (Fsp3) is 0.429. The molecule has 3 rings (SSSR count). The Labute approximate surface area is 121 Å². The second kappa shape index (κ2) is 5.93. The van der Waals surface area contributed by atoms with Crippen LogP contribution in [-0.2, 0) is 17.7 Å². The van der Waals surface area contributed by atoms with E-state index >= 15 is 0 Å². The van der Waals surface area contributed by atoms with E-state index in [2.05, 4.69) is 10.2 Å². The minimum Gasteiger partial charge on any atom is -0.383 e. The maximum absolute atomic E-state index is 13.4. The van der Waals surface area contributed by atoms with Crippen LogP contribution in [0.15, 0.2) is 29.7 Å². The van der Waals surface area contributed by atoms with E-state index in [-0.39, 0.29) is 11.1 Å².